The molecule has 0 aromatic heterocycles. The van der Waals surface area contributed by atoms with Crippen molar-refractivity contribution < 1.29 is 18.0 Å². The number of benzene rings is 3. The number of halogens is 1. The predicted molar refractivity (Wildman–Crippen MR) is 174 cm³/mol. The number of aryl methyl sites for hydroxylation is 1. The third-order valence-corrected chi connectivity index (χ3v) is 9.46. The Balaban J connectivity index is 1.59. The molecule has 1 unspecified atom stereocenters. The molecule has 43 heavy (non-hydrogen) atoms. The van der Waals surface area contributed by atoms with E-state index in [1.807, 2.05) is 61.5 Å². The molecular weight excluding hydrogens is 582 g/mol. The zero-order valence-electron chi connectivity index (χ0n) is 25.0. The van der Waals surface area contributed by atoms with Crippen LogP contribution in [0.2, 0.25) is 5.02 Å². The molecule has 0 aliphatic heterocycles. The number of anilines is 1. The molecule has 2 amide bonds. The summed E-state index contributed by atoms with van der Waals surface area (Å²) in [4.78, 5) is 29.6. The second kappa shape index (κ2) is 15.4. The van der Waals surface area contributed by atoms with Crippen molar-refractivity contribution in [1.82, 2.24) is 10.2 Å². The van der Waals surface area contributed by atoms with Crippen LogP contribution in [0.3, 0.4) is 0 Å². The Hall–Kier alpha value is -3.36. The van der Waals surface area contributed by atoms with Gasteiger partial charge in [-0.3, -0.25) is 13.9 Å². The molecule has 0 spiro atoms. The molecule has 3 aromatic carbocycles. The fourth-order valence-corrected chi connectivity index (χ4v) is 6.86. The summed E-state index contributed by atoms with van der Waals surface area (Å²) in [6.45, 7) is 2.26. The first kappa shape index (κ1) is 32.6. The summed E-state index contributed by atoms with van der Waals surface area (Å²) in [5, 5.41) is 3.84. The van der Waals surface area contributed by atoms with Gasteiger partial charge in [0.25, 0.3) is 0 Å². The largest absolute Gasteiger partial charge is 0.352 e. The summed E-state index contributed by atoms with van der Waals surface area (Å²) in [6, 6.07) is 23.7. The smallest absolute Gasteiger partial charge is 0.243 e. The van der Waals surface area contributed by atoms with Gasteiger partial charge in [-0.15, -0.1) is 0 Å². The molecule has 0 bridgehead atoms. The van der Waals surface area contributed by atoms with Gasteiger partial charge in [0.1, 0.15) is 6.04 Å². The lowest BCUT2D eigenvalue weighted by atomic mass is 9.94. The van der Waals surface area contributed by atoms with Gasteiger partial charge in [0, 0.05) is 37.0 Å². The number of carbonyl (C=O) groups excluding carboxylic acids is 2. The standard InChI is InChI=1S/C34H42ClN3O4S/c1-26-12-9-10-17-31(26)38(43(2,41)42)23-11-18-33(39)37(25-28-19-21-29(35)22-20-28)32(24-27-13-5-3-6-14-27)34(40)36-30-15-7-4-8-16-30/h3,5-6,9-10,12-14,17,19-22,30,32H,4,7-8,11,15-16,18,23-25H2,1-2H3,(H,36,40). The van der Waals surface area contributed by atoms with Gasteiger partial charge in [-0.1, -0.05) is 91.5 Å². The lowest BCUT2D eigenvalue weighted by molar-refractivity contribution is -0.141. The van der Waals surface area contributed by atoms with Crippen molar-refractivity contribution in [2.45, 2.75) is 76.9 Å². The van der Waals surface area contributed by atoms with Crippen LogP contribution in [-0.2, 0) is 32.6 Å². The van der Waals surface area contributed by atoms with Gasteiger partial charge in [-0.05, 0) is 61.1 Å². The fraction of sp³-hybridized carbons (Fsp3) is 0.412. The topological polar surface area (TPSA) is 86.8 Å². The van der Waals surface area contributed by atoms with E-state index >= 15 is 0 Å². The molecule has 0 saturated heterocycles. The van der Waals surface area contributed by atoms with Crippen LogP contribution in [0.1, 0.15) is 61.6 Å². The molecule has 1 N–H and O–H groups in total. The highest BCUT2D eigenvalue weighted by Crippen LogP contribution is 2.24. The number of carbonyl (C=O) groups is 2. The van der Waals surface area contributed by atoms with E-state index in [9.17, 15) is 18.0 Å². The van der Waals surface area contributed by atoms with Gasteiger partial charge in [0.2, 0.25) is 21.8 Å². The van der Waals surface area contributed by atoms with Crippen molar-refractivity contribution in [2.75, 3.05) is 17.1 Å². The van der Waals surface area contributed by atoms with E-state index in [0.717, 1.165) is 42.4 Å². The zero-order chi connectivity index (χ0) is 30.8. The van der Waals surface area contributed by atoms with Crippen molar-refractivity contribution in [3.05, 3.63) is 101 Å². The molecule has 1 aliphatic rings. The number of rotatable bonds is 13. The van der Waals surface area contributed by atoms with Crippen LogP contribution in [-0.4, -0.2) is 50.0 Å². The number of nitrogens with zero attached hydrogens (tertiary/aromatic N) is 2. The van der Waals surface area contributed by atoms with Crippen LogP contribution in [0, 0.1) is 6.92 Å². The Labute approximate surface area is 261 Å². The van der Waals surface area contributed by atoms with E-state index in [1.165, 1.54) is 17.0 Å². The SMILES string of the molecule is Cc1ccccc1N(CCCC(=O)N(Cc1ccc(Cl)cc1)C(Cc1ccccc1)C(=O)NC1CCCCC1)S(C)(=O)=O. The first-order valence-corrected chi connectivity index (χ1v) is 17.3. The third-order valence-electron chi connectivity index (χ3n) is 8.03. The monoisotopic (exact) mass is 623 g/mol. The Kier molecular flexibility index (Phi) is 11.7. The van der Waals surface area contributed by atoms with E-state index in [1.54, 1.807) is 29.2 Å². The summed E-state index contributed by atoms with van der Waals surface area (Å²) in [5.74, 6) is -0.358. The van der Waals surface area contributed by atoms with Crippen LogP contribution in [0.4, 0.5) is 5.69 Å². The predicted octanol–water partition coefficient (Wildman–Crippen LogP) is 6.28. The normalized spacial score (nSPS) is 14.6. The summed E-state index contributed by atoms with van der Waals surface area (Å²) >= 11 is 6.14. The number of hydrogen-bond donors (Lipinski definition) is 1. The molecule has 1 saturated carbocycles. The molecule has 9 heteroatoms. The summed E-state index contributed by atoms with van der Waals surface area (Å²) in [7, 11) is -3.57. The maximum Gasteiger partial charge on any atom is 0.243 e. The molecule has 3 aromatic rings. The summed E-state index contributed by atoms with van der Waals surface area (Å²) < 4.78 is 26.8. The van der Waals surface area contributed by atoms with E-state index in [2.05, 4.69) is 5.32 Å². The quantitative estimate of drug-likeness (QED) is 0.243. The van der Waals surface area contributed by atoms with Crippen molar-refractivity contribution in [3.8, 4) is 0 Å². The van der Waals surface area contributed by atoms with Crippen LogP contribution in [0.15, 0.2) is 78.9 Å². The van der Waals surface area contributed by atoms with Gasteiger partial charge < -0.3 is 10.2 Å². The summed E-state index contributed by atoms with van der Waals surface area (Å²) in [6.07, 6.45) is 7.17. The maximum atomic E-state index is 14.0. The molecule has 0 radical (unpaired) electrons. The maximum absolute atomic E-state index is 14.0. The minimum absolute atomic E-state index is 0.0908. The molecule has 1 atom stereocenters. The zero-order valence-corrected chi connectivity index (χ0v) is 26.6. The van der Waals surface area contributed by atoms with Crippen molar-refractivity contribution in [2.24, 2.45) is 0 Å². The van der Waals surface area contributed by atoms with E-state index in [-0.39, 0.29) is 37.4 Å². The second-order valence-electron chi connectivity index (χ2n) is 11.4. The minimum Gasteiger partial charge on any atom is -0.352 e. The van der Waals surface area contributed by atoms with Crippen LogP contribution in [0.25, 0.3) is 0 Å². The second-order valence-corrected chi connectivity index (χ2v) is 13.8. The third kappa shape index (κ3) is 9.57. The molecule has 4 rings (SSSR count). The van der Waals surface area contributed by atoms with E-state index in [0.29, 0.717) is 23.6 Å². The minimum atomic E-state index is -3.57. The van der Waals surface area contributed by atoms with E-state index < -0.39 is 16.1 Å². The highest BCUT2D eigenvalue weighted by atomic mass is 35.5. The molecule has 1 aliphatic carbocycles. The number of nitrogens with one attached hydrogen (secondary N) is 1. The van der Waals surface area contributed by atoms with Gasteiger partial charge >= 0.3 is 0 Å². The van der Waals surface area contributed by atoms with Crippen LogP contribution in [0.5, 0.6) is 0 Å². The van der Waals surface area contributed by atoms with E-state index in [4.69, 9.17) is 11.6 Å². The molecule has 7 nitrogen and oxygen atoms in total. The highest BCUT2D eigenvalue weighted by Gasteiger charge is 2.32. The van der Waals surface area contributed by atoms with Crippen molar-refractivity contribution >= 4 is 39.1 Å². The lowest BCUT2D eigenvalue weighted by Crippen LogP contribution is -2.52. The molecule has 0 heterocycles. The Morgan fingerprint density at radius 3 is 2.21 bits per heavy atom. The highest BCUT2D eigenvalue weighted by molar-refractivity contribution is 7.92. The van der Waals surface area contributed by atoms with Crippen LogP contribution < -0.4 is 9.62 Å². The first-order chi connectivity index (χ1) is 20.6. The number of sulfonamides is 1. The lowest BCUT2D eigenvalue weighted by Gasteiger charge is -2.34. The first-order valence-electron chi connectivity index (χ1n) is 15.0. The average molecular weight is 624 g/mol. The van der Waals surface area contributed by atoms with Crippen LogP contribution >= 0.6 is 11.6 Å². The Morgan fingerprint density at radius 1 is 0.907 bits per heavy atom. The fourth-order valence-electron chi connectivity index (χ4n) is 5.71. The van der Waals surface area contributed by atoms with Gasteiger partial charge in [-0.25, -0.2) is 8.42 Å². The van der Waals surface area contributed by atoms with Crippen molar-refractivity contribution in [1.29, 1.82) is 0 Å². The Bertz CT molecular complexity index is 1460. The summed E-state index contributed by atoms with van der Waals surface area (Å²) in [5.41, 5.74) is 3.26. The average Bonchev–Trinajstić information content (AvgIpc) is 2.99. The molecule has 1 fully saturated rings. The van der Waals surface area contributed by atoms with Gasteiger partial charge in [-0.2, -0.15) is 0 Å². The number of amides is 2. The molecule has 230 valence electrons. The number of hydrogen-bond acceptors (Lipinski definition) is 4. The van der Waals surface area contributed by atoms with Gasteiger partial charge in [0.15, 0.2) is 0 Å². The number of para-hydroxylation sites is 1. The Morgan fingerprint density at radius 2 is 1.56 bits per heavy atom. The molecular formula is C34H42ClN3O4S. The van der Waals surface area contributed by atoms with Gasteiger partial charge in [0.05, 0.1) is 11.9 Å². The van der Waals surface area contributed by atoms with Crippen molar-refractivity contribution in [3.63, 3.8) is 0 Å².